The molecule has 0 aliphatic carbocycles. The zero-order chi connectivity index (χ0) is 19.9. The second-order valence-electron chi connectivity index (χ2n) is 7.23. The van der Waals surface area contributed by atoms with E-state index >= 15 is 0 Å². The topological polar surface area (TPSA) is 70.2 Å². The molecule has 6 nitrogen and oxygen atoms in total. The molecule has 0 spiro atoms. The summed E-state index contributed by atoms with van der Waals surface area (Å²) in [5.41, 5.74) is 4.37. The smallest absolute Gasteiger partial charge is 0.257 e. The number of nitrogens with zero attached hydrogens (tertiary/aromatic N) is 3. The minimum absolute atomic E-state index is 0.173. The van der Waals surface area contributed by atoms with Gasteiger partial charge in [0.2, 0.25) is 0 Å². The van der Waals surface area contributed by atoms with Crippen molar-refractivity contribution in [1.82, 2.24) is 9.97 Å². The zero-order valence-electron chi connectivity index (χ0n) is 16.3. The Balaban J connectivity index is 1.36. The van der Waals surface area contributed by atoms with E-state index < -0.39 is 0 Å². The van der Waals surface area contributed by atoms with Gasteiger partial charge in [0, 0.05) is 55.8 Å². The number of hydrogen-bond donors (Lipinski definition) is 2. The van der Waals surface area contributed by atoms with E-state index in [1.165, 1.54) is 24.9 Å². The first-order chi connectivity index (χ1) is 14.3. The molecule has 2 N–H and O–H groups in total. The number of rotatable bonds is 6. The zero-order valence-corrected chi connectivity index (χ0v) is 16.3. The van der Waals surface area contributed by atoms with Crippen molar-refractivity contribution < 1.29 is 4.79 Å². The molecule has 29 heavy (non-hydrogen) atoms. The molecule has 2 aromatic heterocycles. The number of pyridine rings is 2. The largest absolute Gasteiger partial charge is 0.380 e. The number of nitrogens with one attached hydrogen (secondary N) is 2. The Bertz CT molecular complexity index is 937. The molecule has 1 amide bonds. The SMILES string of the molecule is O=C(Nc1ccc(N2CCCCC2)cc1)c1cncc(NCc2cccnc2)c1. The van der Waals surface area contributed by atoms with Crippen molar-refractivity contribution in [3.8, 4) is 0 Å². The second kappa shape index (κ2) is 9.19. The number of carbonyl (C=O) groups is 1. The Hall–Kier alpha value is -3.41. The van der Waals surface area contributed by atoms with Crippen LogP contribution in [0.1, 0.15) is 35.2 Å². The number of piperidine rings is 1. The molecule has 148 valence electrons. The van der Waals surface area contributed by atoms with Crippen LogP contribution in [0.4, 0.5) is 17.1 Å². The lowest BCUT2D eigenvalue weighted by molar-refractivity contribution is 0.102. The van der Waals surface area contributed by atoms with Crippen molar-refractivity contribution in [2.75, 3.05) is 28.6 Å². The minimum Gasteiger partial charge on any atom is -0.380 e. The van der Waals surface area contributed by atoms with Gasteiger partial charge in [0.25, 0.3) is 5.91 Å². The molecule has 0 saturated carbocycles. The third-order valence-corrected chi connectivity index (χ3v) is 5.07. The highest BCUT2D eigenvalue weighted by Crippen LogP contribution is 2.22. The van der Waals surface area contributed by atoms with Crippen LogP contribution in [0, 0.1) is 0 Å². The van der Waals surface area contributed by atoms with Gasteiger partial charge in [-0.3, -0.25) is 14.8 Å². The van der Waals surface area contributed by atoms with Crippen LogP contribution in [0.5, 0.6) is 0 Å². The Morgan fingerprint density at radius 1 is 0.931 bits per heavy atom. The van der Waals surface area contributed by atoms with Crippen LogP contribution in [-0.2, 0) is 6.54 Å². The van der Waals surface area contributed by atoms with Crippen LogP contribution < -0.4 is 15.5 Å². The predicted octanol–water partition coefficient (Wildman–Crippen LogP) is 4.33. The van der Waals surface area contributed by atoms with Crippen LogP contribution in [0.25, 0.3) is 0 Å². The van der Waals surface area contributed by atoms with Crippen molar-refractivity contribution in [3.05, 3.63) is 78.4 Å². The summed E-state index contributed by atoms with van der Waals surface area (Å²) < 4.78 is 0. The molecule has 3 heterocycles. The average Bonchev–Trinajstić information content (AvgIpc) is 2.80. The monoisotopic (exact) mass is 387 g/mol. The van der Waals surface area contributed by atoms with Crippen LogP contribution in [0.15, 0.2) is 67.3 Å². The van der Waals surface area contributed by atoms with E-state index in [-0.39, 0.29) is 5.91 Å². The molecule has 3 aromatic rings. The number of carbonyl (C=O) groups excluding carboxylic acids is 1. The number of aromatic nitrogens is 2. The Morgan fingerprint density at radius 3 is 2.52 bits per heavy atom. The first-order valence-electron chi connectivity index (χ1n) is 10.0. The summed E-state index contributed by atoms with van der Waals surface area (Å²) in [6, 6.07) is 13.8. The van der Waals surface area contributed by atoms with Crippen molar-refractivity contribution in [3.63, 3.8) is 0 Å². The highest BCUT2D eigenvalue weighted by molar-refractivity contribution is 6.04. The van der Waals surface area contributed by atoms with Gasteiger partial charge in [0.05, 0.1) is 11.3 Å². The molecule has 1 fully saturated rings. The van der Waals surface area contributed by atoms with E-state index in [0.29, 0.717) is 12.1 Å². The normalized spacial score (nSPS) is 13.7. The lowest BCUT2D eigenvalue weighted by Gasteiger charge is -2.28. The molecule has 1 aliphatic rings. The fourth-order valence-electron chi connectivity index (χ4n) is 3.48. The van der Waals surface area contributed by atoms with Crippen LogP contribution >= 0.6 is 0 Å². The van der Waals surface area contributed by atoms with E-state index in [4.69, 9.17) is 0 Å². The van der Waals surface area contributed by atoms with Gasteiger partial charge in [0.1, 0.15) is 0 Å². The van der Waals surface area contributed by atoms with Gasteiger partial charge >= 0.3 is 0 Å². The number of anilines is 3. The van der Waals surface area contributed by atoms with E-state index in [1.54, 1.807) is 24.7 Å². The van der Waals surface area contributed by atoms with Gasteiger partial charge in [0.15, 0.2) is 0 Å². The molecular formula is C23H25N5O. The molecule has 0 bridgehead atoms. The van der Waals surface area contributed by atoms with Crippen LogP contribution in [0.2, 0.25) is 0 Å². The highest BCUT2D eigenvalue weighted by atomic mass is 16.1. The van der Waals surface area contributed by atoms with Gasteiger partial charge in [-0.2, -0.15) is 0 Å². The van der Waals surface area contributed by atoms with E-state index in [1.807, 2.05) is 30.5 Å². The fourth-order valence-corrected chi connectivity index (χ4v) is 3.48. The number of benzene rings is 1. The maximum Gasteiger partial charge on any atom is 0.257 e. The van der Waals surface area contributed by atoms with E-state index in [0.717, 1.165) is 30.0 Å². The number of hydrogen-bond acceptors (Lipinski definition) is 5. The second-order valence-corrected chi connectivity index (χ2v) is 7.23. The summed E-state index contributed by atoms with van der Waals surface area (Å²) in [5, 5.41) is 6.23. The van der Waals surface area contributed by atoms with Crippen molar-refractivity contribution in [2.45, 2.75) is 25.8 Å². The highest BCUT2D eigenvalue weighted by Gasteiger charge is 2.12. The number of amides is 1. The quantitative estimate of drug-likeness (QED) is 0.659. The molecule has 6 heteroatoms. The third kappa shape index (κ3) is 5.10. The van der Waals surface area contributed by atoms with Crippen molar-refractivity contribution in [1.29, 1.82) is 0 Å². The minimum atomic E-state index is -0.173. The summed E-state index contributed by atoms with van der Waals surface area (Å²) in [6.07, 6.45) is 10.6. The summed E-state index contributed by atoms with van der Waals surface area (Å²) >= 11 is 0. The molecule has 0 unspecified atom stereocenters. The van der Waals surface area contributed by atoms with Crippen molar-refractivity contribution >= 4 is 23.0 Å². The maximum absolute atomic E-state index is 12.6. The van der Waals surface area contributed by atoms with Crippen LogP contribution in [-0.4, -0.2) is 29.0 Å². The third-order valence-electron chi connectivity index (χ3n) is 5.07. The van der Waals surface area contributed by atoms with Gasteiger partial charge in [-0.05, 0) is 61.2 Å². The van der Waals surface area contributed by atoms with Gasteiger partial charge in [-0.25, -0.2) is 0 Å². The van der Waals surface area contributed by atoms with Crippen molar-refractivity contribution in [2.24, 2.45) is 0 Å². The Kier molecular flexibility index (Phi) is 6.00. The predicted molar refractivity (Wildman–Crippen MR) is 116 cm³/mol. The molecule has 4 rings (SSSR count). The summed E-state index contributed by atoms with van der Waals surface area (Å²) in [6.45, 7) is 2.84. The Morgan fingerprint density at radius 2 is 1.76 bits per heavy atom. The molecule has 1 saturated heterocycles. The first-order valence-corrected chi connectivity index (χ1v) is 10.0. The lowest BCUT2D eigenvalue weighted by atomic mass is 10.1. The standard InChI is InChI=1S/C23H25N5O/c29-23(27-20-6-8-22(9-7-20)28-11-2-1-3-12-28)19-13-21(17-25-16-19)26-15-18-5-4-10-24-14-18/h4-10,13-14,16-17,26H,1-3,11-12,15H2,(H,27,29). The summed E-state index contributed by atoms with van der Waals surface area (Å²) in [4.78, 5) is 23.3. The van der Waals surface area contributed by atoms with Gasteiger partial charge in [-0.15, -0.1) is 0 Å². The van der Waals surface area contributed by atoms with Crippen LogP contribution in [0.3, 0.4) is 0 Å². The Labute approximate surface area is 171 Å². The first kappa shape index (κ1) is 18.9. The van der Waals surface area contributed by atoms with Gasteiger partial charge < -0.3 is 15.5 Å². The van der Waals surface area contributed by atoms with E-state index in [2.05, 4.69) is 37.6 Å². The molecule has 1 aromatic carbocycles. The average molecular weight is 387 g/mol. The molecule has 1 aliphatic heterocycles. The molecular weight excluding hydrogens is 362 g/mol. The molecule has 0 radical (unpaired) electrons. The summed E-state index contributed by atoms with van der Waals surface area (Å²) in [7, 11) is 0. The molecule has 0 atom stereocenters. The maximum atomic E-state index is 12.6. The summed E-state index contributed by atoms with van der Waals surface area (Å²) in [5.74, 6) is -0.173. The lowest BCUT2D eigenvalue weighted by Crippen LogP contribution is -2.29. The van der Waals surface area contributed by atoms with E-state index in [9.17, 15) is 4.79 Å². The fraction of sp³-hybridized carbons (Fsp3) is 0.261. The van der Waals surface area contributed by atoms with Gasteiger partial charge in [-0.1, -0.05) is 6.07 Å².